The van der Waals surface area contributed by atoms with Crippen molar-refractivity contribution >= 4 is 34.4 Å². The van der Waals surface area contributed by atoms with Crippen LogP contribution in [0.15, 0.2) is 54.7 Å². The fourth-order valence-corrected chi connectivity index (χ4v) is 4.10. The summed E-state index contributed by atoms with van der Waals surface area (Å²) < 4.78 is 42.2. The third kappa shape index (κ3) is 8.05. The number of nitrogens with one attached hydrogen (secondary N) is 4. The molecule has 5 N–H and O–H groups in total. The molecular weight excluding hydrogens is 557 g/mol. The molecule has 1 amide bonds. The Morgan fingerprint density at radius 1 is 1.00 bits per heavy atom. The van der Waals surface area contributed by atoms with E-state index < -0.39 is 18.1 Å². The van der Waals surface area contributed by atoms with Crippen molar-refractivity contribution in [2.24, 2.45) is 0 Å². The maximum atomic E-state index is 13.2. The van der Waals surface area contributed by atoms with Crippen molar-refractivity contribution in [2.45, 2.75) is 39.5 Å². The summed E-state index contributed by atoms with van der Waals surface area (Å²) in [5.74, 6) is -2.71. The van der Waals surface area contributed by atoms with Crippen LogP contribution >= 0.6 is 0 Å². The fraction of sp³-hybridized carbons (Fsp3) is 0.276. The number of hydrogen-bond acceptors (Lipinski definition) is 6. The molecule has 2 aromatic carbocycles. The van der Waals surface area contributed by atoms with Crippen molar-refractivity contribution in [1.29, 1.82) is 0 Å². The van der Waals surface area contributed by atoms with Crippen molar-refractivity contribution < 1.29 is 42.1 Å². The lowest BCUT2D eigenvalue weighted by molar-refractivity contribution is -0.192. The van der Waals surface area contributed by atoms with Crippen molar-refractivity contribution in [1.82, 2.24) is 15.3 Å². The van der Waals surface area contributed by atoms with Crippen LogP contribution in [0.3, 0.4) is 0 Å². The molecule has 224 valence electrons. The molecular formula is C29H31F3N4O6. The number of aliphatic carboxylic acids is 1. The first kappa shape index (κ1) is 31.6. The van der Waals surface area contributed by atoms with Crippen LogP contribution in [0.2, 0.25) is 0 Å². The molecule has 2 aromatic heterocycles. The van der Waals surface area contributed by atoms with E-state index in [0.717, 1.165) is 27.9 Å². The Balaban J connectivity index is 0.000000616. The second-order valence-electron chi connectivity index (χ2n) is 8.87. The molecule has 0 bridgehead atoms. The van der Waals surface area contributed by atoms with Crippen LogP contribution in [0.4, 0.5) is 18.9 Å². The average Bonchev–Trinajstić information content (AvgIpc) is 3.59. The summed E-state index contributed by atoms with van der Waals surface area (Å²) in [4.78, 5) is 41.3. The molecule has 0 aliphatic rings. The highest BCUT2D eigenvalue weighted by Gasteiger charge is 2.38. The van der Waals surface area contributed by atoms with Gasteiger partial charge in [-0.2, -0.15) is 13.2 Å². The number of rotatable bonds is 10. The van der Waals surface area contributed by atoms with Gasteiger partial charge in [0.05, 0.1) is 25.8 Å². The van der Waals surface area contributed by atoms with Gasteiger partial charge >= 0.3 is 18.1 Å². The lowest BCUT2D eigenvalue weighted by atomic mass is 10.1. The summed E-state index contributed by atoms with van der Waals surface area (Å²) in [5.41, 5.74) is 4.89. The van der Waals surface area contributed by atoms with Crippen LogP contribution in [0, 0.1) is 0 Å². The van der Waals surface area contributed by atoms with Gasteiger partial charge in [-0.3, -0.25) is 4.79 Å². The van der Waals surface area contributed by atoms with E-state index in [-0.39, 0.29) is 12.5 Å². The zero-order valence-electron chi connectivity index (χ0n) is 23.1. The average molecular weight is 589 g/mol. The molecule has 42 heavy (non-hydrogen) atoms. The van der Waals surface area contributed by atoms with Gasteiger partial charge in [0.1, 0.15) is 11.4 Å². The van der Waals surface area contributed by atoms with Crippen molar-refractivity contribution in [3.8, 4) is 5.75 Å². The van der Waals surface area contributed by atoms with E-state index in [1.807, 2.05) is 61.7 Å². The lowest BCUT2D eigenvalue weighted by Crippen LogP contribution is -2.24. The van der Waals surface area contributed by atoms with Gasteiger partial charge in [0.2, 0.25) is 0 Å². The molecule has 0 saturated carbocycles. The second-order valence-corrected chi connectivity index (χ2v) is 8.87. The molecule has 13 heteroatoms. The summed E-state index contributed by atoms with van der Waals surface area (Å²) >= 11 is 0. The number of carboxylic acids is 1. The highest BCUT2D eigenvalue weighted by molar-refractivity contribution is 6.01. The Morgan fingerprint density at radius 2 is 1.69 bits per heavy atom. The van der Waals surface area contributed by atoms with E-state index in [2.05, 4.69) is 20.6 Å². The standard InChI is InChI=1S/C27H30N4O4.C2HF3O2/c1-4-21-24(27(33)35-5-2)23(16-29-19-8-10-20(34-3)11-9-19)31-25(21)26(32)30-15-17-6-7-18-12-13-28-22(18)14-17;3-2(4,5)1(6)7/h6-14,28-29,31H,4-5,15-16H2,1-3H3,(H,30,32);(H,6,7). The number of benzene rings is 2. The fourth-order valence-electron chi connectivity index (χ4n) is 4.10. The number of H-pyrrole nitrogens is 2. The first-order chi connectivity index (χ1) is 20.0. The maximum absolute atomic E-state index is 13.2. The smallest absolute Gasteiger partial charge is 0.490 e. The van der Waals surface area contributed by atoms with Crippen LogP contribution in [0.5, 0.6) is 5.75 Å². The summed E-state index contributed by atoms with van der Waals surface area (Å²) in [6.45, 7) is 4.62. The largest absolute Gasteiger partial charge is 0.497 e. The van der Waals surface area contributed by atoms with Crippen molar-refractivity contribution in [3.05, 3.63) is 82.8 Å². The van der Waals surface area contributed by atoms with Crippen LogP contribution in [-0.2, 0) is 29.0 Å². The third-order valence-electron chi connectivity index (χ3n) is 6.12. The molecule has 0 aliphatic heterocycles. The molecule has 4 rings (SSSR count). The molecule has 0 spiro atoms. The van der Waals surface area contributed by atoms with Crippen LogP contribution in [0.25, 0.3) is 10.9 Å². The molecule has 0 atom stereocenters. The van der Waals surface area contributed by atoms with E-state index in [1.165, 1.54) is 0 Å². The second kappa shape index (κ2) is 14.1. The normalized spacial score (nSPS) is 10.9. The van der Waals surface area contributed by atoms with Gasteiger partial charge in [-0.1, -0.05) is 19.1 Å². The van der Waals surface area contributed by atoms with Crippen LogP contribution < -0.4 is 15.4 Å². The van der Waals surface area contributed by atoms with Gasteiger partial charge < -0.3 is 35.2 Å². The molecule has 0 radical (unpaired) electrons. The van der Waals surface area contributed by atoms with E-state index in [0.29, 0.717) is 42.0 Å². The van der Waals surface area contributed by atoms with Crippen LogP contribution in [0.1, 0.15) is 51.5 Å². The monoisotopic (exact) mass is 588 g/mol. The summed E-state index contributed by atoms with van der Waals surface area (Å²) in [7, 11) is 1.62. The highest BCUT2D eigenvalue weighted by atomic mass is 19.4. The molecule has 4 aromatic rings. The van der Waals surface area contributed by atoms with Gasteiger partial charge in [0.15, 0.2) is 0 Å². The molecule has 10 nitrogen and oxygen atoms in total. The Labute approximate surface area is 239 Å². The molecule has 2 heterocycles. The first-order valence-corrected chi connectivity index (χ1v) is 12.9. The quantitative estimate of drug-likeness (QED) is 0.156. The highest BCUT2D eigenvalue weighted by Crippen LogP contribution is 2.24. The molecule has 0 fully saturated rings. The van der Waals surface area contributed by atoms with E-state index in [4.69, 9.17) is 19.4 Å². The van der Waals surface area contributed by atoms with E-state index >= 15 is 0 Å². The van der Waals surface area contributed by atoms with Crippen LogP contribution in [-0.4, -0.2) is 52.8 Å². The predicted octanol–water partition coefficient (Wildman–Crippen LogP) is 5.42. The number of alkyl halides is 3. The number of methoxy groups -OCH3 is 1. The summed E-state index contributed by atoms with van der Waals surface area (Å²) in [5, 5.41) is 14.5. The van der Waals surface area contributed by atoms with Crippen molar-refractivity contribution in [2.75, 3.05) is 19.0 Å². The van der Waals surface area contributed by atoms with Gasteiger partial charge in [-0.15, -0.1) is 0 Å². The van der Waals surface area contributed by atoms with Crippen molar-refractivity contribution in [3.63, 3.8) is 0 Å². The number of aromatic nitrogens is 2. The minimum Gasteiger partial charge on any atom is -0.497 e. The number of halogens is 3. The zero-order chi connectivity index (χ0) is 30.9. The van der Waals surface area contributed by atoms with E-state index in [9.17, 15) is 22.8 Å². The topological polar surface area (TPSA) is 146 Å². The summed E-state index contributed by atoms with van der Waals surface area (Å²) in [6, 6.07) is 15.5. The maximum Gasteiger partial charge on any atom is 0.490 e. The molecule has 0 saturated heterocycles. The number of anilines is 1. The van der Waals surface area contributed by atoms with Gasteiger partial charge in [-0.05, 0) is 66.3 Å². The Kier molecular flexibility index (Phi) is 10.6. The summed E-state index contributed by atoms with van der Waals surface area (Å²) in [6.07, 6.45) is -2.69. The minimum absolute atomic E-state index is 0.251. The minimum atomic E-state index is -5.08. The number of carbonyl (C=O) groups is 3. The number of aromatic amines is 2. The first-order valence-electron chi connectivity index (χ1n) is 12.9. The Morgan fingerprint density at radius 3 is 2.29 bits per heavy atom. The number of hydrogen-bond donors (Lipinski definition) is 5. The number of carboxylic acid groups (broad SMARTS) is 1. The number of ether oxygens (including phenoxy) is 2. The lowest BCUT2D eigenvalue weighted by Gasteiger charge is -2.09. The van der Waals surface area contributed by atoms with Gasteiger partial charge in [0, 0.05) is 29.6 Å². The third-order valence-corrected chi connectivity index (χ3v) is 6.12. The van der Waals surface area contributed by atoms with Gasteiger partial charge in [-0.25, -0.2) is 9.59 Å². The number of carbonyl (C=O) groups excluding carboxylic acids is 2. The predicted molar refractivity (Wildman–Crippen MR) is 150 cm³/mol. The Hall–Kier alpha value is -4.94. The zero-order valence-corrected chi connectivity index (χ0v) is 23.1. The van der Waals surface area contributed by atoms with E-state index in [1.54, 1.807) is 14.0 Å². The molecule has 0 aliphatic carbocycles. The Bertz CT molecular complexity index is 1530. The SMILES string of the molecule is CCOC(=O)c1c(CNc2ccc(OC)cc2)[nH]c(C(=O)NCc2ccc3cc[nH]c3c2)c1CC.O=C(O)C(F)(F)F. The van der Waals surface area contributed by atoms with Gasteiger partial charge in [0.25, 0.3) is 5.91 Å². The number of fused-ring (bicyclic) bond motifs is 1. The number of amides is 1. The number of esters is 1. The molecule has 0 unspecified atom stereocenters.